The second-order valence-electron chi connectivity index (χ2n) is 8.47. The van der Waals surface area contributed by atoms with Crippen LogP contribution in [0.5, 0.6) is 0 Å². The molecule has 4 fully saturated rings. The van der Waals surface area contributed by atoms with Crippen LogP contribution in [0.3, 0.4) is 0 Å². The first-order valence-corrected chi connectivity index (χ1v) is 9.48. The molecule has 114 valence electrons. The minimum absolute atomic E-state index is 0.0520. The van der Waals surface area contributed by atoms with E-state index in [0.717, 1.165) is 14.6 Å². The molecule has 1 amide bonds. The van der Waals surface area contributed by atoms with E-state index in [1.165, 1.54) is 49.9 Å². The molecule has 0 spiro atoms. The number of thiophene rings is 1. The highest BCUT2D eigenvalue weighted by atomic mass is 79.9. The van der Waals surface area contributed by atoms with Gasteiger partial charge in [-0.15, -0.1) is 11.3 Å². The lowest BCUT2D eigenvalue weighted by Crippen LogP contribution is -2.65. The van der Waals surface area contributed by atoms with Gasteiger partial charge in [-0.05, 0) is 83.3 Å². The van der Waals surface area contributed by atoms with Gasteiger partial charge in [0, 0.05) is 5.54 Å². The van der Waals surface area contributed by atoms with E-state index in [1.54, 1.807) is 0 Å². The molecule has 5 rings (SSSR count). The van der Waals surface area contributed by atoms with Gasteiger partial charge in [0.15, 0.2) is 0 Å². The zero-order chi connectivity index (χ0) is 14.9. The summed E-state index contributed by atoms with van der Waals surface area (Å²) in [4.78, 5) is 13.5. The van der Waals surface area contributed by atoms with E-state index in [0.29, 0.717) is 10.8 Å². The van der Waals surface area contributed by atoms with Gasteiger partial charge in [-0.3, -0.25) is 4.79 Å². The minimum atomic E-state index is 0.0520. The van der Waals surface area contributed by atoms with Gasteiger partial charge >= 0.3 is 0 Å². The molecule has 2 unspecified atom stereocenters. The van der Waals surface area contributed by atoms with Crippen LogP contribution >= 0.6 is 27.3 Å². The second-order valence-corrected chi connectivity index (χ2v) is 10.9. The standard InChI is InChI=1S/C17H22BrNOS/c1-15-5-11-6-16(2,8-15)10-17(7-11,9-15)19-14(20)12-3-4-13(18)21-12/h3-4,11H,5-10H2,1-2H3,(H,19,20). The quantitative estimate of drug-likeness (QED) is 0.783. The van der Waals surface area contributed by atoms with Crippen LogP contribution in [0.1, 0.15) is 62.0 Å². The molecule has 1 aromatic rings. The molecule has 1 N–H and O–H groups in total. The minimum Gasteiger partial charge on any atom is -0.346 e. The number of nitrogens with one attached hydrogen (secondary N) is 1. The van der Waals surface area contributed by atoms with Crippen LogP contribution in [-0.2, 0) is 0 Å². The summed E-state index contributed by atoms with van der Waals surface area (Å²) in [7, 11) is 0. The molecule has 2 nitrogen and oxygen atoms in total. The molecule has 4 aliphatic rings. The fourth-order valence-electron chi connectivity index (χ4n) is 6.33. The summed E-state index contributed by atoms with van der Waals surface area (Å²) in [6.07, 6.45) is 7.61. The Hall–Kier alpha value is -0.350. The molecule has 0 aromatic carbocycles. The summed E-state index contributed by atoms with van der Waals surface area (Å²) < 4.78 is 1.03. The zero-order valence-corrected chi connectivity index (χ0v) is 15.1. The molecule has 4 heteroatoms. The van der Waals surface area contributed by atoms with E-state index in [9.17, 15) is 4.79 Å². The van der Waals surface area contributed by atoms with E-state index in [4.69, 9.17) is 0 Å². The first-order valence-electron chi connectivity index (χ1n) is 7.87. The summed E-state index contributed by atoms with van der Waals surface area (Å²) in [5.41, 5.74) is 0.936. The Labute approximate surface area is 138 Å². The van der Waals surface area contributed by atoms with Gasteiger partial charge < -0.3 is 5.32 Å². The maximum atomic E-state index is 12.6. The Morgan fingerprint density at radius 2 is 1.86 bits per heavy atom. The van der Waals surface area contributed by atoms with Crippen LogP contribution in [0.4, 0.5) is 0 Å². The normalized spacial score (nSPS) is 44.0. The fourth-order valence-corrected chi connectivity index (χ4v) is 7.61. The van der Waals surface area contributed by atoms with Crippen LogP contribution < -0.4 is 5.32 Å². The number of carbonyl (C=O) groups is 1. The first kappa shape index (κ1) is 14.3. The topological polar surface area (TPSA) is 29.1 Å². The molecular weight excluding hydrogens is 346 g/mol. The summed E-state index contributed by atoms with van der Waals surface area (Å²) in [5, 5.41) is 3.46. The summed E-state index contributed by atoms with van der Waals surface area (Å²) >= 11 is 4.98. The van der Waals surface area contributed by atoms with Crippen LogP contribution in [-0.4, -0.2) is 11.4 Å². The molecule has 0 saturated heterocycles. The highest BCUT2D eigenvalue weighted by Gasteiger charge is 2.60. The molecular formula is C17H22BrNOS. The third-order valence-electron chi connectivity index (χ3n) is 5.80. The van der Waals surface area contributed by atoms with Crippen molar-refractivity contribution in [3.8, 4) is 0 Å². The van der Waals surface area contributed by atoms with Crippen LogP contribution in [0.2, 0.25) is 0 Å². The van der Waals surface area contributed by atoms with Gasteiger partial charge in [-0.25, -0.2) is 0 Å². The van der Waals surface area contributed by atoms with E-state index >= 15 is 0 Å². The van der Waals surface area contributed by atoms with Crippen molar-refractivity contribution in [2.45, 2.75) is 57.9 Å². The van der Waals surface area contributed by atoms with Gasteiger partial charge in [0.05, 0.1) is 8.66 Å². The maximum Gasteiger partial charge on any atom is 0.261 e. The monoisotopic (exact) mass is 367 g/mol. The van der Waals surface area contributed by atoms with Crippen molar-refractivity contribution in [1.82, 2.24) is 5.32 Å². The number of hydrogen-bond acceptors (Lipinski definition) is 2. The highest BCUT2D eigenvalue weighted by molar-refractivity contribution is 9.11. The van der Waals surface area contributed by atoms with E-state index in [-0.39, 0.29) is 11.4 Å². The van der Waals surface area contributed by atoms with Crippen molar-refractivity contribution in [1.29, 1.82) is 0 Å². The van der Waals surface area contributed by atoms with Gasteiger partial charge in [0.25, 0.3) is 5.91 Å². The Morgan fingerprint density at radius 3 is 2.38 bits per heavy atom. The van der Waals surface area contributed by atoms with Crippen LogP contribution in [0.15, 0.2) is 15.9 Å². The molecule has 4 saturated carbocycles. The number of carbonyl (C=O) groups excluding carboxylic acids is 1. The summed E-state index contributed by atoms with van der Waals surface area (Å²) in [6.45, 7) is 4.89. The lowest BCUT2D eigenvalue weighted by molar-refractivity contribution is -0.114. The van der Waals surface area contributed by atoms with Crippen molar-refractivity contribution in [2.24, 2.45) is 16.7 Å². The van der Waals surface area contributed by atoms with Crippen molar-refractivity contribution in [3.05, 3.63) is 20.8 Å². The van der Waals surface area contributed by atoms with Crippen molar-refractivity contribution < 1.29 is 4.79 Å². The second kappa shape index (κ2) is 4.35. The molecule has 2 atom stereocenters. The SMILES string of the molecule is CC12CC3CC(C)(C1)CC(NC(=O)c1ccc(Br)s1)(C3)C2. The Morgan fingerprint density at radius 1 is 1.19 bits per heavy atom. The van der Waals surface area contributed by atoms with Crippen molar-refractivity contribution >= 4 is 33.2 Å². The lowest BCUT2D eigenvalue weighted by atomic mass is 9.43. The zero-order valence-electron chi connectivity index (χ0n) is 12.7. The maximum absolute atomic E-state index is 12.6. The average Bonchev–Trinajstić information content (AvgIpc) is 2.70. The van der Waals surface area contributed by atoms with E-state index in [2.05, 4.69) is 35.1 Å². The molecule has 4 bridgehead atoms. The highest BCUT2D eigenvalue weighted by Crippen LogP contribution is 2.66. The Kier molecular flexibility index (Phi) is 2.95. The first-order chi connectivity index (χ1) is 9.79. The van der Waals surface area contributed by atoms with E-state index < -0.39 is 0 Å². The number of amides is 1. The van der Waals surface area contributed by atoms with Crippen molar-refractivity contribution in [3.63, 3.8) is 0 Å². The van der Waals surface area contributed by atoms with Gasteiger partial charge in [0.1, 0.15) is 0 Å². The Bertz CT molecular complexity index is 592. The van der Waals surface area contributed by atoms with Crippen LogP contribution in [0.25, 0.3) is 0 Å². The number of hydrogen-bond donors (Lipinski definition) is 1. The van der Waals surface area contributed by atoms with E-state index in [1.807, 2.05) is 12.1 Å². The smallest absolute Gasteiger partial charge is 0.261 e. The molecule has 4 aliphatic carbocycles. The average molecular weight is 368 g/mol. The molecule has 21 heavy (non-hydrogen) atoms. The third-order valence-corrected chi connectivity index (χ3v) is 7.42. The van der Waals surface area contributed by atoms with Gasteiger partial charge in [-0.1, -0.05) is 13.8 Å². The summed E-state index contributed by atoms with van der Waals surface area (Å²) in [6, 6.07) is 3.88. The molecule has 0 radical (unpaired) electrons. The van der Waals surface area contributed by atoms with Gasteiger partial charge in [0.2, 0.25) is 0 Å². The largest absolute Gasteiger partial charge is 0.346 e. The number of halogens is 1. The lowest BCUT2D eigenvalue weighted by Gasteiger charge is -2.65. The molecule has 1 aromatic heterocycles. The number of rotatable bonds is 2. The summed E-state index contributed by atoms with van der Waals surface area (Å²) in [5.74, 6) is 0.937. The van der Waals surface area contributed by atoms with Gasteiger partial charge in [-0.2, -0.15) is 0 Å². The Balaban J connectivity index is 1.61. The fraction of sp³-hybridized carbons (Fsp3) is 0.706. The third kappa shape index (κ3) is 2.39. The molecule has 0 aliphatic heterocycles. The molecule has 1 heterocycles. The van der Waals surface area contributed by atoms with Crippen molar-refractivity contribution in [2.75, 3.05) is 0 Å². The van der Waals surface area contributed by atoms with Crippen LogP contribution in [0, 0.1) is 16.7 Å². The predicted molar refractivity (Wildman–Crippen MR) is 89.6 cm³/mol. The predicted octanol–water partition coefficient (Wildman–Crippen LogP) is 4.99.